The maximum absolute atomic E-state index is 13.2. The summed E-state index contributed by atoms with van der Waals surface area (Å²) in [7, 11) is 1.62. The fourth-order valence-electron chi connectivity index (χ4n) is 6.53. The number of methoxy groups -OCH3 is 1. The van der Waals surface area contributed by atoms with Gasteiger partial charge in [-0.1, -0.05) is 29.8 Å². The first kappa shape index (κ1) is 26.4. The molecule has 0 radical (unpaired) electrons. The van der Waals surface area contributed by atoms with Crippen LogP contribution in [0.15, 0.2) is 36.4 Å². The van der Waals surface area contributed by atoms with Crippen molar-refractivity contribution in [1.82, 2.24) is 4.90 Å². The second-order valence-electron chi connectivity index (χ2n) is 11.4. The minimum absolute atomic E-state index is 0.0274. The van der Waals surface area contributed by atoms with Gasteiger partial charge in [0.1, 0.15) is 11.4 Å². The number of aryl methyl sites for hydroxylation is 1. The molecule has 3 aliphatic rings. The molecule has 38 heavy (non-hydrogen) atoms. The number of benzene rings is 2. The Hall–Kier alpha value is -3.26. The number of hydrogen-bond donors (Lipinski definition) is 2. The molecule has 1 amide bonds. The van der Waals surface area contributed by atoms with Gasteiger partial charge in [0.05, 0.1) is 26.2 Å². The molecule has 0 saturated carbocycles. The fourth-order valence-corrected chi connectivity index (χ4v) is 6.53. The number of hydrogen-bond acceptors (Lipinski definition) is 6. The number of phenols is 1. The van der Waals surface area contributed by atoms with E-state index in [1.54, 1.807) is 19.2 Å². The van der Waals surface area contributed by atoms with Crippen LogP contribution in [-0.2, 0) is 20.7 Å². The summed E-state index contributed by atoms with van der Waals surface area (Å²) in [6.45, 7) is 5.81. The standard InChI is InChI=1S/C30H37NO7/c1-19-7-8-24(36-3)20(15-19)16-25(33)31-13-11-30(12-14-31)17-22-27(37-18-30)21-5-4-6-23(32)28(21)38-29(22,2)10-9-26(34)35/h4-8,15,22,27,32H,9-14,16-18H2,1-3H3,(H,34,35)/t22-,27+,29+/m1/s1. The number of carbonyl (C=O) groups is 2. The lowest BCUT2D eigenvalue weighted by molar-refractivity contribution is -0.183. The van der Waals surface area contributed by atoms with Gasteiger partial charge in [-0.3, -0.25) is 9.59 Å². The number of ether oxygens (including phenoxy) is 3. The van der Waals surface area contributed by atoms with Crippen molar-refractivity contribution in [3.63, 3.8) is 0 Å². The number of fused-ring (bicyclic) bond motifs is 3. The van der Waals surface area contributed by atoms with E-state index in [1.165, 1.54) is 0 Å². The minimum Gasteiger partial charge on any atom is -0.504 e. The predicted octanol–water partition coefficient (Wildman–Crippen LogP) is 4.65. The molecule has 3 heterocycles. The summed E-state index contributed by atoms with van der Waals surface area (Å²) in [4.78, 5) is 26.6. The number of carboxylic acid groups (broad SMARTS) is 1. The van der Waals surface area contributed by atoms with Crippen molar-refractivity contribution < 1.29 is 34.0 Å². The van der Waals surface area contributed by atoms with Gasteiger partial charge in [-0.05, 0) is 57.1 Å². The molecule has 1 spiro atoms. The molecule has 0 aromatic heterocycles. The Morgan fingerprint density at radius 3 is 2.66 bits per heavy atom. The van der Waals surface area contributed by atoms with Gasteiger partial charge in [-0.2, -0.15) is 0 Å². The Morgan fingerprint density at radius 2 is 1.95 bits per heavy atom. The summed E-state index contributed by atoms with van der Waals surface area (Å²) in [5.74, 6) is 0.318. The average Bonchev–Trinajstić information content (AvgIpc) is 2.89. The Kier molecular flexibility index (Phi) is 7.03. The lowest BCUT2D eigenvalue weighted by atomic mass is 9.63. The van der Waals surface area contributed by atoms with Gasteiger partial charge in [-0.25, -0.2) is 0 Å². The molecule has 2 N–H and O–H groups in total. The van der Waals surface area contributed by atoms with Crippen LogP contribution in [0.2, 0.25) is 0 Å². The molecule has 0 bridgehead atoms. The van der Waals surface area contributed by atoms with Crippen molar-refractivity contribution in [2.24, 2.45) is 11.3 Å². The number of likely N-dealkylation sites (tertiary alicyclic amines) is 1. The zero-order valence-corrected chi connectivity index (χ0v) is 22.4. The second kappa shape index (κ2) is 10.1. The summed E-state index contributed by atoms with van der Waals surface area (Å²) < 4.78 is 18.4. The number of aliphatic carboxylic acids is 1. The highest BCUT2D eigenvalue weighted by atomic mass is 16.5. The van der Waals surface area contributed by atoms with Crippen LogP contribution < -0.4 is 9.47 Å². The Balaban J connectivity index is 1.31. The van der Waals surface area contributed by atoms with E-state index in [2.05, 4.69) is 0 Å². The average molecular weight is 524 g/mol. The molecule has 0 aliphatic carbocycles. The third kappa shape index (κ3) is 4.94. The molecule has 3 atom stereocenters. The number of phenolic OH excluding ortho intramolecular Hbond substituents is 1. The van der Waals surface area contributed by atoms with Crippen molar-refractivity contribution >= 4 is 11.9 Å². The molecule has 2 aromatic carbocycles. The molecule has 2 aromatic rings. The summed E-state index contributed by atoms with van der Waals surface area (Å²) >= 11 is 0. The van der Waals surface area contributed by atoms with Gasteiger partial charge in [0.25, 0.3) is 0 Å². The molecule has 5 rings (SSSR count). The fraction of sp³-hybridized carbons (Fsp3) is 0.533. The molecule has 2 saturated heterocycles. The largest absolute Gasteiger partial charge is 0.504 e. The van der Waals surface area contributed by atoms with Gasteiger partial charge < -0.3 is 29.3 Å². The van der Waals surface area contributed by atoms with Crippen LogP contribution >= 0.6 is 0 Å². The number of aromatic hydroxyl groups is 1. The summed E-state index contributed by atoms with van der Waals surface area (Å²) in [5, 5.41) is 19.9. The third-order valence-corrected chi connectivity index (χ3v) is 8.83. The highest BCUT2D eigenvalue weighted by Crippen LogP contribution is 2.58. The van der Waals surface area contributed by atoms with E-state index in [1.807, 2.05) is 43.0 Å². The summed E-state index contributed by atoms with van der Waals surface area (Å²) in [6.07, 6.45) is 2.77. The van der Waals surface area contributed by atoms with Crippen LogP contribution in [0.4, 0.5) is 0 Å². The molecule has 2 fully saturated rings. The molecule has 0 unspecified atom stereocenters. The number of nitrogens with zero attached hydrogens (tertiary/aromatic N) is 1. The molecule has 8 heteroatoms. The lowest BCUT2D eigenvalue weighted by Crippen LogP contribution is -2.56. The first-order valence-corrected chi connectivity index (χ1v) is 13.4. The van der Waals surface area contributed by atoms with Crippen LogP contribution in [0, 0.1) is 18.3 Å². The highest BCUT2D eigenvalue weighted by molar-refractivity contribution is 5.79. The van der Waals surface area contributed by atoms with Gasteiger partial charge in [-0.15, -0.1) is 0 Å². The third-order valence-electron chi connectivity index (χ3n) is 8.83. The zero-order chi connectivity index (χ0) is 27.1. The normalized spacial score (nSPS) is 25.7. The van der Waals surface area contributed by atoms with E-state index in [-0.39, 0.29) is 35.5 Å². The van der Waals surface area contributed by atoms with Gasteiger partial charge >= 0.3 is 5.97 Å². The monoisotopic (exact) mass is 523 g/mol. The van der Waals surface area contributed by atoms with Crippen LogP contribution in [-0.4, -0.2) is 59.4 Å². The van der Waals surface area contributed by atoms with Crippen LogP contribution in [0.1, 0.15) is 61.8 Å². The first-order valence-electron chi connectivity index (χ1n) is 13.4. The second-order valence-corrected chi connectivity index (χ2v) is 11.4. The van der Waals surface area contributed by atoms with Crippen LogP contribution in [0.3, 0.4) is 0 Å². The van der Waals surface area contributed by atoms with Crippen molar-refractivity contribution in [1.29, 1.82) is 0 Å². The van der Waals surface area contributed by atoms with Gasteiger partial charge in [0.15, 0.2) is 11.5 Å². The molecule has 3 aliphatic heterocycles. The van der Waals surface area contributed by atoms with Crippen molar-refractivity contribution in [2.45, 2.75) is 64.1 Å². The van der Waals surface area contributed by atoms with Crippen molar-refractivity contribution in [3.05, 3.63) is 53.1 Å². The summed E-state index contributed by atoms with van der Waals surface area (Å²) in [5.41, 5.74) is 1.91. The minimum atomic E-state index is -0.877. The van der Waals surface area contributed by atoms with E-state index in [4.69, 9.17) is 14.2 Å². The Morgan fingerprint density at radius 1 is 1.18 bits per heavy atom. The van der Waals surface area contributed by atoms with Gasteiger partial charge in [0.2, 0.25) is 5.91 Å². The number of carbonyl (C=O) groups excluding carboxylic acids is 1. The Labute approximate surface area is 223 Å². The molecule has 8 nitrogen and oxygen atoms in total. The zero-order valence-electron chi connectivity index (χ0n) is 22.4. The van der Waals surface area contributed by atoms with E-state index in [9.17, 15) is 19.8 Å². The molecule has 204 valence electrons. The topological polar surface area (TPSA) is 106 Å². The number of para-hydroxylation sites is 1. The number of amides is 1. The van der Waals surface area contributed by atoms with Gasteiger partial charge in [0, 0.05) is 36.6 Å². The quantitative estimate of drug-likeness (QED) is 0.568. The van der Waals surface area contributed by atoms with Crippen LogP contribution in [0.25, 0.3) is 0 Å². The van der Waals surface area contributed by atoms with E-state index < -0.39 is 11.6 Å². The Bertz CT molecular complexity index is 1220. The van der Waals surface area contributed by atoms with E-state index >= 15 is 0 Å². The van der Waals surface area contributed by atoms with Crippen molar-refractivity contribution in [2.75, 3.05) is 26.8 Å². The van der Waals surface area contributed by atoms with E-state index in [0.717, 1.165) is 41.7 Å². The van der Waals surface area contributed by atoms with Crippen molar-refractivity contribution in [3.8, 4) is 17.2 Å². The van der Waals surface area contributed by atoms with Crippen LogP contribution in [0.5, 0.6) is 17.2 Å². The summed E-state index contributed by atoms with van der Waals surface area (Å²) in [6, 6.07) is 11.2. The number of carboxylic acids is 1. The molecular weight excluding hydrogens is 486 g/mol. The predicted molar refractivity (Wildman–Crippen MR) is 140 cm³/mol. The molecular formula is C30H37NO7. The SMILES string of the molecule is COc1ccc(C)cc1CC(=O)N1CCC2(CC1)CO[C@H]1c3cccc(O)c3O[C@@](C)(CCC(=O)O)[C@@H]1C2. The first-order chi connectivity index (χ1) is 18.1. The lowest BCUT2D eigenvalue weighted by Gasteiger charge is -2.55. The van der Waals surface area contributed by atoms with E-state index in [0.29, 0.717) is 38.3 Å². The maximum Gasteiger partial charge on any atom is 0.303 e. The number of rotatable bonds is 6. The number of piperidine rings is 1. The highest BCUT2D eigenvalue weighted by Gasteiger charge is 2.55. The maximum atomic E-state index is 13.2. The smallest absolute Gasteiger partial charge is 0.303 e.